The molecule has 0 aliphatic carbocycles. The summed E-state index contributed by atoms with van der Waals surface area (Å²) in [7, 11) is 0. The Bertz CT molecular complexity index is 278. The van der Waals surface area contributed by atoms with Crippen LogP contribution in [0.3, 0.4) is 0 Å². The Kier molecular flexibility index (Phi) is 3.03. The molecule has 12 heavy (non-hydrogen) atoms. The average molecular weight is 166 g/mol. The zero-order valence-corrected chi connectivity index (χ0v) is 6.33. The Labute approximate surface area is 69.4 Å². The van der Waals surface area contributed by atoms with Gasteiger partial charge in [0.05, 0.1) is 5.56 Å². The molecule has 0 atom stereocenters. The molecule has 1 rings (SSSR count). The maximum Gasteiger partial charge on any atom is 0.213 e. The van der Waals surface area contributed by atoms with E-state index in [-0.39, 0.29) is 6.61 Å². The largest absolute Gasteiger partial charge is 0.475 e. The van der Waals surface area contributed by atoms with Crippen molar-refractivity contribution in [2.45, 2.75) is 0 Å². The lowest BCUT2D eigenvalue weighted by molar-refractivity contribution is 0.264. The van der Waals surface area contributed by atoms with Crippen molar-refractivity contribution >= 4 is 0 Å². The Hall–Kier alpha value is -1.63. The summed E-state index contributed by atoms with van der Waals surface area (Å²) in [5, 5.41) is 8.41. The van der Waals surface area contributed by atoms with Gasteiger partial charge < -0.3 is 4.74 Å². The zero-order chi connectivity index (χ0) is 8.81. The molecule has 0 spiro atoms. The Balaban J connectivity index is 2.60. The summed E-state index contributed by atoms with van der Waals surface area (Å²) >= 11 is 0. The minimum atomic E-state index is -0.540. The van der Waals surface area contributed by atoms with Crippen LogP contribution in [0, 0.1) is 11.3 Å². The monoisotopic (exact) mass is 166 g/mol. The number of rotatable bonds is 3. The molecule has 0 unspecified atom stereocenters. The minimum absolute atomic E-state index is 0.00109. The molecule has 0 radical (unpaired) electrons. The van der Waals surface area contributed by atoms with Gasteiger partial charge in [0.25, 0.3) is 0 Å². The van der Waals surface area contributed by atoms with Crippen LogP contribution >= 0.6 is 0 Å². The first-order chi connectivity index (χ1) is 5.86. The molecule has 0 bridgehead atoms. The summed E-state index contributed by atoms with van der Waals surface area (Å²) in [6, 6.07) is 5.02. The lowest BCUT2D eigenvalue weighted by Crippen LogP contribution is -1.99. The second kappa shape index (κ2) is 4.29. The van der Waals surface area contributed by atoms with Gasteiger partial charge in [0.2, 0.25) is 5.88 Å². The van der Waals surface area contributed by atoms with Crippen molar-refractivity contribution in [1.29, 1.82) is 5.26 Å². The fraction of sp³-hybridized carbons (Fsp3) is 0.250. The minimum Gasteiger partial charge on any atom is -0.475 e. The van der Waals surface area contributed by atoms with E-state index < -0.39 is 6.67 Å². The summed E-state index contributed by atoms with van der Waals surface area (Å²) in [5.74, 6) is 0.339. The van der Waals surface area contributed by atoms with E-state index in [2.05, 4.69) is 4.98 Å². The van der Waals surface area contributed by atoms with Gasteiger partial charge in [-0.15, -0.1) is 0 Å². The van der Waals surface area contributed by atoms with Gasteiger partial charge in [0.1, 0.15) is 19.4 Å². The molecule has 0 aromatic carbocycles. The first-order valence-corrected chi connectivity index (χ1v) is 3.41. The average Bonchev–Trinajstić information content (AvgIpc) is 2.15. The topological polar surface area (TPSA) is 45.9 Å². The molecule has 0 saturated heterocycles. The molecule has 0 amide bonds. The maximum atomic E-state index is 11.6. The van der Waals surface area contributed by atoms with Crippen molar-refractivity contribution < 1.29 is 9.13 Å². The number of ether oxygens (including phenoxy) is 1. The van der Waals surface area contributed by atoms with Crippen LogP contribution in [0.4, 0.5) is 4.39 Å². The summed E-state index contributed by atoms with van der Waals surface area (Å²) in [6.07, 6.45) is 1.38. The highest BCUT2D eigenvalue weighted by Gasteiger charge is 1.94. The number of aromatic nitrogens is 1. The van der Waals surface area contributed by atoms with E-state index in [1.54, 1.807) is 6.07 Å². The number of hydrogen-bond acceptors (Lipinski definition) is 3. The van der Waals surface area contributed by atoms with E-state index >= 15 is 0 Å². The molecule has 0 fully saturated rings. The molecular formula is C8H7FN2O. The van der Waals surface area contributed by atoms with Crippen molar-refractivity contribution in [3.63, 3.8) is 0 Å². The van der Waals surface area contributed by atoms with E-state index in [1.165, 1.54) is 12.3 Å². The van der Waals surface area contributed by atoms with Gasteiger partial charge in [-0.3, -0.25) is 0 Å². The van der Waals surface area contributed by atoms with Crippen LogP contribution in [0.5, 0.6) is 5.88 Å². The van der Waals surface area contributed by atoms with Crippen LogP contribution in [0.15, 0.2) is 18.3 Å². The van der Waals surface area contributed by atoms with Crippen molar-refractivity contribution in [2.24, 2.45) is 0 Å². The number of hydrogen-bond donors (Lipinski definition) is 0. The molecule has 1 aromatic rings. The van der Waals surface area contributed by atoms with Gasteiger partial charge in [-0.25, -0.2) is 9.37 Å². The number of nitriles is 1. The molecular weight excluding hydrogens is 159 g/mol. The van der Waals surface area contributed by atoms with Crippen molar-refractivity contribution in [3.8, 4) is 11.9 Å². The maximum absolute atomic E-state index is 11.6. The molecule has 1 heterocycles. The Morgan fingerprint density at radius 1 is 1.58 bits per heavy atom. The molecule has 0 saturated carbocycles. The molecule has 4 heteroatoms. The second-order valence-corrected chi connectivity index (χ2v) is 2.03. The van der Waals surface area contributed by atoms with Gasteiger partial charge in [-0.2, -0.15) is 5.26 Å². The number of halogens is 1. The fourth-order valence-corrected chi connectivity index (χ4v) is 0.675. The van der Waals surface area contributed by atoms with Crippen LogP contribution < -0.4 is 4.74 Å². The third-order valence-electron chi connectivity index (χ3n) is 1.19. The highest BCUT2D eigenvalue weighted by atomic mass is 19.1. The van der Waals surface area contributed by atoms with Crippen LogP contribution in [-0.4, -0.2) is 18.3 Å². The van der Waals surface area contributed by atoms with Crippen molar-refractivity contribution in [3.05, 3.63) is 23.9 Å². The molecule has 0 N–H and O–H groups in total. The molecule has 1 aromatic heterocycles. The predicted octanol–water partition coefficient (Wildman–Crippen LogP) is 1.30. The smallest absolute Gasteiger partial charge is 0.213 e. The van der Waals surface area contributed by atoms with Crippen LogP contribution in [0.25, 0.3) is 0 Å². The Morgan fingerprint density at radius 2 is 2.42 bits per heavy atom. The van der Waals surface area contributed by atoms with Gasteiger partial charge in [-0.05, 0) is 6.07 Å². The summed E-state index contributed by atoms with van der Waals surface area (Å²) in [6.45, 7) is -0.541. The van der Waals surface area contributed by atoms with E-state index in [9.17, 15) is 4.39 Å². The second-order valence-electron chi connectivity index (χ2n) is 2.03. The standard InChI is InChI=1S/C8H7FN2O/c9-3-4-12-8-2-1-7(5-10)6-11-8/h1-2,6H,3-4H2. The SMILES string of the molecule is N#Cc1ccc(OCCF)nc1. The van der Waals surface area contributed by atoms with E-state index in [0.717, 1.165) is 0 Å². The van der Waals surface area contributed by atoms with Crippen LogP contribution in [0.2, 0.25) is 0 Å². The van der Waals surface area contributed by atoms with Crippen molar-refractivity contribution in [2.75, 3.05) is 13.3 Å². The lowest BCUT2D eigenvalue weighted by Gasteiger charge is -2.00. The lowest BCUT2D eigenvalue weighted by atomic mass is 10.3. The van der Waals surface area contributed by atoms with E-state index in [1.807, 2.05) is 6.07 Å². The molecule has 3 nitrogen and oxygen atoms in total. The van der Waals surface area contributed by atoms with Crippen molar-refractivity contribution in [1.82, 2.24) is 4.98 Å². The first kappa shape index (κ1) is 8.47. The van der Waals surface area contributed by atoms with Crippen LogP contribution in [-0.2, 0) is 0 Å². The fourth-order valence-electron chi connectivity index (χ4n) is 0.675. The number of nitrogens with zero attached hydrogens (tertiary/aromatic N) is 2. The predicted molar refractivity (Wildman–Crippen MR) is 40.4 cm³/mol. The van der Waals surface area contributed by atoms with Gasteiger partial charge in [-0.1, -0.05) is 0 Å². The van der Waals surface area contributed by atoms with E-state index in [4.69, 9.17) is 10.00 Å². The highest BCUT2D eigenvalue weighted by molar-refractivity contribution is 5.28. The normalized spacial score (nSPS) is 9.00. The summed E-state index contributed by atoms with van der Waals surface area (Å²) < 4.78 is 16.5. The highest BCUT2D eigenvalue weighted by Crippen LogP contribution is 2.05. The van der Waals surface area contributed by atoms with Crippen LogP contribution in [0.1, 0.15) is 5.56 Å². The molecule has 0 aliphatic heterocycles. The first-order valence-electron chi connectivity index (χ1n) is 3.41. The quantitative estimate of drug-likeness (QED) is 0.679. The van der Waals surface area contributed by atoms with E-state index in [0.29, 0.717) is 11.4 Å². The third kappa shape index (κ3) is 2.20. The van der Waals surface area contributed by atoms with Gasteiger partial charge in [0.15, 0.2) is 0 Å². The molecule has 62 valence electrons. The number of alkyl halides is 1. The summed E-state index contributed by atoms with van der Waals surface area (Å²) in [4.78, 5) is 3.78. The molecule has 0 aliphatic rings. The Morgan fingerprint density at radius 3 is 2.92 bits per heavy atom. The number of pyridine rings is 1. The van der Waals surface area contributed by atoms with Gasteiger partial charge >= 0.3 is 0 Å². The third-order valence-corrected chi connectivity index (χ3v) is 1.19. The van der Waals surface area contributed by atoms with Gasteiger partial charge in [0, 0.05) is 12.3 Å². The summed E-state index contributed by atoms with van der Waals surface area (Å²) in [5.41, 5.74) is 0.461. The zero-order valence-electron chi connectivity index (χ0n) is 6.33.